The molecule has 5 heteroatoms. The summed E-state index contributed by atoms with van der Waals surface area (Å²) in [5.74, 6) is 0. The summed E-state index contributed by atoms with van der Waals surface area (Å²) in [6.07, 6.45) is -4.21. The van der Waals surface area contributed by atoms with Crippen molar-refractivity contribution >= 4 is 11.4 Å². The van der Waals surface area contributed by atoms with Crippen molar-refractivity contribution in [3.05, 3.63) is 24.3 Å². The first-order chi connectivity index (χ1) is 7.38. The molecule has 0 bridgehead atoms. The van der Waals surface area contributed by atoms with E-state index >= 15 is 0 Å². The monoisotopic (exact) mass is 233 g/mol. The molecular formula is C11H16F3N2+. The van der Waals surface area contributed by atoms with Crippen molar-refractivity contribution in [3.63, 3.8) is 0 Å². The van der Waals surface area contributed by atoms with Crippen molar-refractivity contribution in [2.75, 3.05) is 19.0 Å². The Balaban J connectivity index is 3.00. The van der Waals surface area contributed by atoms with Crippen LogP contribution in [0.1, 0.15) is 6.92 Å². The van der Waals surface area contributed by atoms with Crippen LogP contribution in [-0.2, 0) is 0 Å². The summed E-state index contributed by atoms with van der Waals surface area (Å²) in [7, 11) is 3.27. The molecule has 1 aromatic rings. The number of anilines is 1. The van der Waals surface area contributed by atoms with Crippen molar-refractivity contribution < 1.29 is 18.5 Å². The molecular weight excluding hydrogens is 217 g/mol. The molecule has 90 valence electrons. The largest absolute Gasteiger partial charge is 0.408 e. The molecule has 0 amide bonds. The molecule has 1 aromatic carbocycles. The maximum atomic E-state index is 12.6. The summed E-state index contributed by atoms with van der Waals surface area (Å²) < 4.78 is 37.7. The van der Waals surface area contributed by atoms with E-state index in [1.807, 2.05) is 13.1 Å². The number of halogens is 3. The van der Waals surface area contributed by atoms with Gasteiger partial charge in [0.25, 0.3) is 0 Å². The van der Waals surface area contributed by atoms with Crippen LogP contribution in [0.5, 0.6) is 0 Å². The fraction of sp³-hybridized carbons (Fsp3) is 0.455. The van der Waals surface area contributed by atoms with Gasteiger partial charge in [0.15, 0.2) is 5.69 Å². The van der Waals surface area contributed by atoms with E-state index in [1.54, 1.807) is 23.5 Å². The lowest BCUT2D eigenvalue weighted by Gasteiger charge is -2.29. The number of alkyl halides is 3. The van der Waals surface area contributed by atoms with Crippen molar-refractivity contribution in [1.82, 2.24) is 0 Å². The normalized spacial score (nSPS) is 13.6. The third-order valence-electron chi connectivity index (χ3n) is 2.68. The number of hydrogen-bond donors (Lipinski definition) is 1. The van der Waals surface area contributed by atoms with Crippen molar-refractivity contribution in [2.45, 2.75) is 19.1 Å². The Labute approximate surface area is 93.1 Å². The van der Waals surface area contributed by atoms with Gasteiger partial charge in [-0.3, -0.25) is 0 Å². The Morgan fingerprint density at radius 1 is 1.25 bits per heavy atom. The standard InChI is InChI=1S/C11H15F3N2/c1-8(11(12,13)14)16(3)10-7-5-4-6-9(10)15-2/h4-8,15H,1-3H3/p+1. The molecule has 0 aliphatic rings. The summed E-state index contributed by atoms with van der Waals surface area (Å²) in [6.45, 7) is 1.16. The fourth-order valence-corrected chi connectivity index (χ4v) is 1.48. The van der Waals surface area contributed by atoms with Gasteiger partial charge in [-0.2, -0.15) is 13.2 Å². The van der Waals surface area contributed by atoms with E-state index in [-0.39, 0.29) is 0 Å². The van der Waals surface area contributed by atoms with Crippen LogP contribution in [0.3, 0.4) is 0 Å². The summed E-state index contributed by atoms with van der Waals surface area (Å²) in [4.78, 5) is 1.25. The number of rotatable bonds is 3. The average Bonchev–Trinajstić information content (AvgIpc) is 2.25. The first-order valence-corrected chi connectivity index (χ1v) is 5.06. The minimum Gasteiger partial charge on any atom is -0.358 e. The van der Waals surface area contributed by atoms with Crippen LogP contribution in [0.15, 0.2) is 24.3 Å². The second-order valence-electron chi connectivity index (χ2n) is 3.68. The number of para-hydroxylation sites is 2. The second kappa shape index (κ2) is 4.74. The molecule has 0 aliphatic heterocycles. The quantitative estimate of drug-likeness (QED) is 0.790. The van der Waals surface area contributed by atoms with E-state index in [0.717, 1.165) is 12.6 Å². The van der Waals surface area contributed by atoms with Crippen LogP contribution >= 0.6 is 0 Å². The smallest absolute Gasteiger partial charge is 0.358 e. The van der Waals surface area contributed by atoms with E-state index in [0.29, 0.717) is 5.69 Å². The predicted molar refractivity (Wildman–Crippen MR) is 57.9 cm³/mol. The summed E-state index contributed by atoms with van der Waals surface area (Å²) in [6, 6.07) is 5.55. The number of nitrogens with zero attached hydrogens (tertiary/aromatic N) is 1. The van der Waals surface area contributed by atoms with Crippen LogP contribution in [0.2, 0.25) is 0 Å². The van der Waals surface area contributed by atoms with E-state index in [2.05, 4.69) is 0 Å². The molecule has 0 heterocycles. The van der Waals surface area contributed by atoms with Crippen LogP contribution in [-0.4, -0.2) is 26.3 Å². The molecule has 0 aromatic heterocycles. The van der Waals surface area contributed by atoms with Gasteiger partial charge in [0.1, 0.15) is 6.04 Å². The molecule has 1 atom stereocenters. The molecule has 0 saturated heterocycles. The Morgan fingerprint density at radius 2 is 1.81 bits per heavy atom. The Morgan fingerprint density at radius 3 is 2.31 bits per heavy atom. The van der Waals surface area contributed by atoms with Crippen LogP contribution in [0.25, 0.3) is 0 Å². The molecule has 0 spiro atoms. The van der Waals surface area contributed by atoms with Gasteiger partial charge in [-0.15, -0.1) is 0 Å². The van der Waals surface area contributed by atoms with Gasteiger partial charge in [-0.05, 0) is 13.0 Å². The van der Waals surface area contributed by atoms with E-state index in [9.17, 15) is 13.2 Å². The SMILES string of the molecule is C[NH2+]c1ccccc1N(C)C(C)C(F)(F)F. The number of nitrogens with two attached hydrogens (primary N) is 1. The average molecular weight is 233 g/mol. The van der Waals surface area contributed by atoms with Crippen LogP contribution < -0.4 is 10.2 Å². The molecule has 2 N–H and O–H groups in total. The number of quaternary nitrogens is 1. The summed E-state index contributed by atoms with van der Waals surface area (Å²) in [5.41, 5.74) is 1.40. The molecule has 0 fully saturated rings. The zero-order chi connectivity index (χ0) is 12.3. The van der Waals surface area contributed by atoms with Gasteiger partial charge in [-0.25, -0.2) is 0 Å². The van der Waals surface area contributed by atoms with Gasteiger partial charge in [-0.1, -0.05) is 12.1 Å². The zero-order valence-electron chi connectivity index (χ0n) is 9.55. The third-order valence-corrected chi connectivity index (χ3v) is 2.68. The van der Waals surface area contributed by atoms with Gasteiger partial charge >= 0.3 is 6.18 Å². The van der Waals surface area contributed by atoms with E-state index < -0.39 is 12.2 Å². The topological polar surface area (TPSA) is 19.9 Å². The molecule has 0 radical (unpaired) electrons. The predicted octanol–water partition coefficient (Wildman–Crippen LogP) is 1.90. The van der Waals surface area contributed by atoms with Crippen molar-refractivity contribution in [3.8, 4) is 0 Å². The highest BCUT2D eigenvalue weighted by Gasteiger charge is 2.39. The Kier molecular flexibility index (Phi) is 3.80. The van der Waals surface area contributed by atoms with Gasteiger partial charge in [0, 0.05) is 13.1 Å². The molecule has 16 heavy (non-hydrogen) atoms. The highest BCUT2D eigenvalue weighted by Crippen LogP contribution is 2.29. The first-order valence-electron chi connectivity index (χ1n) is 5.06. The van der Waals surface area contributed by atoms with E-state index in [1.165, 1.54) is 11.9 Å². The van der Waals surface area contributed by atoms with Gasteiger partial charge < -0.3 is 10.2 Å². The number of hydrogen-bond acceptors (Lipinski definition) is 1. The Hall–Kier alpha value is -1.23. The zero-order valence-corrected chi connectivity index (χ0v) is 9.55. The van der Waals surface area contributed by atoms with Gasteiger partial charge in [0.05, 0.1) is 12.7 Å². The van der Waals surface area contributed by atoms with Crippen molar-refractivity contribution in [2.24, 2.45) is 0 Å². The minimum atomic E-state index is -4.21. The fourth-order valence-electron chi connectivity index (χ4n) is 1.48. The molecule has 2 nitrogen and oxygen atoms in total. The maximum Gasteiger partial charge on any atom is 0.408 e. The molecule has 1 rings (SSSR count). The number of benzene rings is 1. The first kappa shape index (κ1) is 12.8. The molecule has 0 saturated carbocycles. The van der Waals surface area contributed by atoms with E-state index in [4.69, 9.17) is 0 Å². The highest BCUT2D eigenvalue weighted by atomic mass is 19.4. The lowest BCUT2D eigenvalue weighted by molar-refractivity contribution is -0.538. The third kappa shape index (κ3) is 2.66. The molecule has 0 aliphatic carbocycles. The maximum absolute atomic E-state index is 12.6. The Bertz CT molecular complexity index is 349. The highest BCUT2D eigenvalue weighted by molar-refractivity contribution is 5.62. The van der Waals surface area contributed by atoms with Crippen LogP contribution in [0, 0.1) is 0 Å². The van der Waals surface area contributed by atoms with Crippen molar-refractivity contribution in [1.29, 1.82) is 0 Å². The summed E-state index contributed by atoms with van der Waals surface area (Å²) >= 11 is 0. The molecule has 1 unspecified atom stereocenters. The lowest BCUT2D eigenvalue weighted by Crippen LogP contribution is -2.73. The minimum absolute atomic E-state index is 0.592. The summed E-state index contributed by atoms with van der Waals surface area (Å²) in [5, 5.41) is 1.80. The lowest BCUT2D eigenvalue weighted by atomic mass is 10.2. The van der Waals surface area contributed by atoms with Gasteiger partial charge in [0.2, 0.25) is 0 Å². The second-order valence-corrected chi connectivity index (χ2v) is 3.68. The van der Waals surface area contributed by atoms with Crippen LogP contribution in [0.4, 0.5) is 24.5 Å².